The number of rotatable bonds is 6. The third-order valence-electron chi connectivity index (χ3n) is 3.67. The number of nitro groups is 1. The molecule has 0 radical (unpaired) electrons. The predicted molar refractivity (Wildman–Crippen MR) is 93.2 cm³/mol. The second-order valence-corrected chi connectivity index (χ2v) is 7.83. The monoisotopic (exact) mass is 397 g/mol. The molecule has 0 aromatic heterocycles. The molecule has 2 aromatic rings. The number of amides is 1. The molecule has 0 atom stereocenters. The van der Waals surface area contributed by atoms with Crippen LogP contribution in [0.15, 0.2) is 41.3 Å². The number of halogens is 1. The summed E-state index contributed by atoms with van der Waals surface area (Å²) < 4.78 is 39.1. The van der Waals surface area contributed by atoms with E-state index in [1.165, 1.54) is 14.1 Å². The van der Waals surface area contributed by atoms with Crippen molar-refractivity contribution < 1.29 is 27.6 Å². The minimum Gasteiger partial charge on any atom is -0.508 e. The van der Waals surface area contributed by atoms with Crippen molar-refractivity contribution in [2.75, 3.05) is 14.1 Å². The van der Waals surface area contributed by atoms with Gasteiger partial charge in [-0.1, -0.05) is 0 Å². The van der Waals surface area contributed by atoms with E-state index in [-0.39, 0.29) is 28.4 Å². The lowest BCUT2D eigenvalue weighted by molar-refractivity contribution is -0.384. The standard InChI is InChI=1S/C16H16FN3O6S/c1-19(2)27(25,26)12-4-5-14(17)13(8-12)16(22)18-9-10-7-11(20(23)24)3-6-15(10)21/h3-8,21H,9H2,1-2H3,(H,18,22). The maximum atomic E-state index is 14.0. The molecule has 2 rings (SSSR count). The second kappa shape index (κ2) is 7.68. The first-order valence-corrected chi connectivity index (χ1v) is 8.94. The molecule has 0 unspecified atom stereocenters. The fraction of sp³-hybridized carbons (Fsp3) is 0.188. The van der Waals surface area contributed by atoms with Crippen LogP contribution in [-0.2, 0) is 16.6 Å². The average molecular weight is 397 g/mol. The summed E-state index contributed by atoms with van der Waals surface area (Å²) >= 11 is 0. The van der Waals surface area contributed by atoms with Gasteiger partial charge >= 0.3 is 0 Å². The van der Waals surface area contributed by atoms with Crippen molar-refractivity contribution in [3.63, 3.8) is 0 Å². The molecule has 144 valence electrons. The molecule has 0 aliphatic carbocycles. The zero-order chi connectivity index (χ0) is 20.4. The highest BCUT2D eigenvalue weighted by molar-refractivity contribution is 7.89. The van der Waals surface area contributed by atoms with Crippen LogP contribution in [0.3, 0.4) is 0 Å². The topological polar surface area (TPSA) is 130 Å². The Bertz CT molecular complexity index is 1010. The van der Waals surface area contributed by atoms with Gasteiger partial charge in [-0.25, -0.2) is 17.1 Å². The number of hydrogen-bond donors (Lipinski definition) is 2. The number of non-ortho nitro benzene ring substituents is 1. The summed E-state index contributed by atoms with van der Waals surface area (Å²) in [7, 11) is -1.28. The third-order valence-corrected chi connectivity index (χ3v) is 5.49. The van der Waals surface area contributed by atoms with E-state index < -0.39 is 32.2 Å². The van der Waals surface area contributed by atoms with Crippen LogP contribution in [0.5, 0.6) is 5.75 Å². The van der Waals surface area contributed by atoms with Crippen LogP contribution in [0, 0.1) is 15.9 Å². The van der Waals surface area contributed by atoms with Gasteiger partial charge in [-0.3, -0.25) is 14.9 Å². The lowest BCUT2D eigenvalue weighted by Crippen LogP contribution is -2.26. The summed E-state index contributed by atoms with van der Waals surface area (Å²) in [5.74, 6) is -2.16. The SMILES string of the molecule is CN(C)S(=O)(=O)c1ccc(F)c(C(=O)NCc2cc([N+](=O)[O-])ccc2O)c1. The zero-order valence-electron chi connectivity index (χ0n) is 14.3. The predicted octanol–water partition coefficient (Wildman–Crippen LogP) is 1.62. The van der Waals surface area contributed by atoms with Crippen LogP contribution in [0.2, 0.25) is 0 Å². The van der Waals surface area contributed by atoms with Gasteiger partial charge < -0.3 is 10.4 Å². The third kappa shape index (κ3) is 4.38. The van der Waals surface area contributed by atoms with E-state index in [0.717, 1.165) is 40.7 Å². The van der Waals surface area contributed by atoms with Crippen molar-refractivity contribution in [1.82, 2.24) is 9.62 Å². The highest BCUT2D eigenvalue weighted by atomic mass is 32.2. The van der Waals surface area contributed by atoms with Crippen molar-refractivity contribution >= 4 is 21.6 Å². The first-order valence-electron chi connectivity index (χ1n) is 7.50. The molecule has 2 aromatic carbocycles. The zero-order valence-corrected chi connectivity index (χ0v) is 15.2. The molecule has 0 saturated carbocycles. The first-order chi connectivity index (χ1) is 12.5. The highest BCUT2D eigenvalue weighted by Crippen LogP contribution is 2.23. The molecule has 2 N–H and O–H groups in total. The molecule has 0 heterocycles. The number of nitrogens with zero attached hydrogens (tertiary/aromatic N) is 2. The summed E-state index contributed by atoms with van der Waals surface area (Å²) in [6.07, 6.45) is 0. The van der Waals surface area contributed by atoms with Gasteiger partial charge in [0.05, 0.1) is 15.4 Å². The summed E-state index contributed by atoms with van der Waals surface area (Å²) in [6.45, 7) is -0.323. The summed E-state index contributed by atoms with van der Waals surface area (Å²) in [5, 5.41) is 22.8. The fourth-order valence-electron chi connectivity index (χ4n) is 2.15. The quantitative estimate of drug-likeness (QED) is 0.563. The number of nitro benzene ring substituents is 1. The molecule has 0 aliphatic heterocycles. The molecule has 0 spiro atoms. The number of benzene rings is 2. The molecular weight excluding hydrogens is 381 g/mol. The number of phenols is 1. The summed E-state index contributed by atoms with van der Waals surface area (Å²) in [4.78, 5) is 22.1. The maximum absolute atomic E-state index is 14.0. The number of nitrogens with one attached hydrogen (secondary N) is 1. The van der Waals surface area contributed by atoms with Gasteiger partial charge in [-0.05, 0) is 24.3 Å². The van der Waals surface area contributed by atoms with Gasteiger partial charge in [0.1, 0.15) is 11.6 Å². The summed E-state index contributed by atoms with van der Waals surface area (Å²) in [6, 6.07) is 6.05. The van der Waals surface area contributed by atoms with Crippen molar-refractivity contribution in [3.8, 4) is 5.75 Å². The van der Waals surface area contributed by atoms with Crippen molar-refractivity contribution in [2.24, 2.45) is 0 Å². The molecule has 1 amide bonds. The van der Waals surface area contributed by atoms with Crippen molar-refractivity contribution in [2.45, 2.75) is 11.4 Å². The van der Waals surface area contributed by atoms with E-state index in [2.05, 4.69) is 5.32 Å². The van der Waals surface area contributed by atoms with Crippen LogP contribution in [0.1, 0.15) is 15.9 Å². The summed E-state index contributed by atoms with van der Waals surface area (Å²) in [5.41, 5.74) is -0.750. The van der Waals surface area contributed by atoms with E-state index in [4.69, 9.17) is 0 Å². The number of carbonyl (C=O) groups is 1. The van der Waals surface area contributed by atoms with Crippen molar-refractivity contribution in [1.29, 1.82) is 0 Å². The Morgan fingerprint density at radius 3 is 2.52 bits per heavy atom. The highest BCUT2D eigenvalue weighted by Gasteiger charge is 2.21. The van der Waals surface area contributed by atoms with Gasteiger partial charge in [0, 0.05) is 38.3 Å². The van der Waals surface area contributed by atoms with Crippen LogP contribution < -0.4 is 5.32 Å². The maximum Gasteiger partial charge on any atom is 0.270 e. The first kappa shape index (κ1) is 20.3. The average Bonchev–Trinajstić information content (AvgIpc) is 2.60. The second-order valence-electron chi connectivity index (χ2n) is 5.68. The van der Waals surface area contributed by atoms with E-state index in [9.17, 15) is 32.8 Å². The minimum atomic E-state index is -3.87. The minimum absolute atomic E-state index is 0.0509. The van der Waals surface area contributed by atoms with Crippen molar-refractivity contribution in [3.05, 3.63) is 63.5 Å². The van der Waals surface area contributed by atoms with Gasteiger partial charge in [-0.2, -0.15) is 0 Å². The van der Waals surface area contributed by atoms with Gasteiger partial charge in [-0.15, -0.1) is 0 Å². The van der Waals surface area contributed by atoms with E-state index >= 15 is 0 Å². The molecule has 11 heteroatoms. The Hall–Kier alpha value is -3.05. The lowest BCUT2D eigenvalue weighted by atomic mass is 10.1. The molecule has 0 bridgehead atoms. The Labute approximate surface area is 154 Å². The number of sulfonamides is 1. The number of phenolic OH excluding ortho intramolecular Hbond substituents is 1. The molecule has 0 aliphatic rings. The lowest BCUT2D eigenvalue weighted by Gasteiger charge is -2.13. The van der Waals surface area contributed by atoms with Crippen LogP contribution in [0.25, 0.3) is 0 Å². The smallest absolute Gasteiger partial charge is 0.270 e. The van der Waals surface area contributed by atoms with E-state index in [1.807, 2.05) is 0 Å². The van der Waals surface area contributed by atoms with Crippen LogP contribution >= 0.6 is 0 Å². The normalized spacial score (nSPS) is 11.4. The van der Waals surface area contributed by atoms with Gasteiger partial charge in [0.2, 0.25) is 10.0 Å². The molecule has 27 heavy (non-hydrogen) atoms. The Morgan fingerprint density at radius 2 is 1.93 bits per heavy atom. The van der Waals surface area contributed by atoms with E-state index in [1.54, 1.807) is 0 Å². The molecular formula is C16H16FN3O6S. The number of aromatic hydroxyl groups is 1. The Morgan fingerprint density at radius 1 is 1.26 bits per heavy atom. The van der Waals surface area contributed by atoms with Crippen LogP contribution in [-0.4, -0.2) is 42.8 Å². The largest absolute Gasteiger partial charge is 0.508 e. The Balaban J connectivity index is 2.27. The van der Waals surface area contributed by atoms with Gasteiger partial charge in [0.15, 0.2) is 0 Å². The molecule has 0 fully saturated rings. The fourth-order valence-corrected chi connectivity index (χ4v) is 3.08. The van der Waals surface area contributed by atoms with Gasteiger partial charge in [0.25, 0.3) is 11.6 Å². The molecule has 0 saturated heterocycles. The Kier molecular flexibility index (Phi) is 5.76. The number of hydrogen-bond acceptors (Lipinski definition) is 6. The molecule has 9 nitrogen and oxygen atoms in total. The van der Waals surface area contributed by atoms with Crippen LogP contribution in [0.4, 0.5) is 10.1 Å². The van der Waals surface area contributed by atoms with E-state index in [0.29, 0.717) is 0 Å². The number of carbonyl (C=O) groups excluding carboxylic acids is 1.